The molecule has 1 rings (SSSR count). The fourth-order valence-corrected chi connectivity index (χ4v) is 2.24. The third-order valence-corrected chi connectivity index (χ3v) is 2.90. The van der Waals surface area contributed by atoms with Crippen LogP contribution in [0.5, 0.6) is 0 Å². The second-order valence-electron chi connectivity index (χ2n) is 2.51. The van der Waals surface area contributed by atoms with E-state index in [1.807, 2.05) is 0 Å². The first-order valence-electron chi connectivity index (χ1n) is 3.55. The van der Waals surface area contributed by atoms with Crippen LogP contribution in [0.1, 0.15) is 6.42 Å². The molecule has 0 aliphatic carbocycles. The highest BCUT2D eigenvalue weighted by atomic mass is 32.2. The Kier molecular flexibility index (Phi) is 3.17. The summed E-state index contributed by atoms with van der Waals surface area (Å²) in [6, 6.07) is 0. The van der Waals surface area contributed by atoms with E-state index in [4.69, 9.17) is 0 Å². The molecule has 0 spiro atoms. The van der Waals surface area contributed by atoms with Crippen LogP contribution in [0.3, 0.4) is 0 Å². The lowest BCUT2D eigenvalue weighted by atomic mass is 10.0. The Bertz CT molecular complexity index is 151. The summed E-state index contributed by atoms with van der Waals surface area (Å²) in [5.74, 6) is 0.436. The normalized spacial score (nSPS) is 31.5. The van der Waals surface area contributed by atoms with E-state index >= 15 is 0 Å². The molecule has 1 heterocycles. The summed E-state index contributed by atoms with van der Waals surface area (Å²) in [6.07, 6.45) is -0.520. The molecule has 0 bridgehead atoms. The van der Waals surface area contributed by atoms with Crippen LogP contribution in [0, 0.1) is 5.92 Å². The van der Waals surface area contributed by atoms with Crippen molar-refractivity contribution < 1.29 is 13.9 Å². The number of methoxy groups -OCH3 is 1. The molecule has 0 amide bonds. The van der Waals surface area contributed by atoms with Crippen LogP contribution >= 0.6 is 11.8 Å². The van der Waals surface area contributed by atoms with E-state index in [-0.39, 0.29) is 0 Å². The monoisotopic (exact) mass is 178 g/mol. The highest BCUT2D eigenvalue weighted by molar-refractivity contribution is 7.99. The van der Waals surface area contributed by atoms with E-state index in [0.29, 0.717) is 12.2 Å². The van der Waals surface area contributed by atoms with Crippen LogP contribution in [-0.2, 0) is 9.53 Å². The molecule has 11 heavy (non-hydrogen) atoms. The predicted molar refractivity (Wildman–Crippen MR) is 42.3 cm³/mol. The zero-order valence-electron chi connectivity index (χ0n) is 6.38. The lowest BCUT2D eigenvalue weighted by Crippen LogP contribution is -2.32. The van der Waals surface area contributed by atoms with Crippen molar-refractivity contribution in [2.75, 3.05) is 18.6 Å². The second-order valence-corrected chi connectivity index (χ2v) is 3.66. The van der Waals surface area contributed by atoms with Gasteiger partial charge in [0.05, 0.1) is 13.0 Å². The van der Waals surface area contributed by atoms with Crippen LogP contribution in [-0.4, -0.2) is 30.8 Å². The zero-order chi connectivity index (χ0) is 8.27. The van der Waals surface area contributed by atoms with Gasteiger partial charge in [-0.3, -0.25) is 4.79 Å². The predicted octanol–water partition coefficient (Wildman–Crippen LogP) is 1.25. The molecule has 0 saturated carbocycles. The van der Waals surface area contributed by atoms with Crippen molar-refractivity contribution in [3.8, 4) is 0 Å². The van der Waals surface area contributed by atoms with Gasteiger partial charge in [0.1, 0.15) is 6.17 Å². The van der Waals surface area contributed by atoms with Gasteiger partial charge in [-0.2, -0.15) is 11.8 Å². The van der Waals surface area contributed by atoms with Crippen molar-refractivity contribution in [2.24, 2.45) is 5.92 Å². The number of ether oxygens (including phenoxy) is 1. The molecule has 0 N–H and O–H groups in total. The summed E-state index contributed by atoms with van der Waals surface area (Å²) in [6.45, 7) is 0. The second kappa shape index (κ2) is 3.95. The Morgan fingerprint density at radius 2 is 2.45 bits per heavy atom. The van der Waals surface area contributed by atoms with Gasteiger partial charge in [0.15, 0.2) is 0 Å². The highest BCUT2D eigenvalue weighted by Crippen LogP contribution is 2.26. The number of carbonyl (C=O) groups excluding carboxylic acids is 1. The van der Waals surface area contributed by atoms with Crippen molar-refractivity contribution in [1.82, 2.24) is 0 Å². The minimum atomic E-state index is -0.997. The first kappa shape index (κ1) is 8.84. The summed E-state index contributed by atoms with van der Waals surface area (Å²) < 4.78 is 17.4. The van der Waals surface area contributed by atoms with Gasteiger partial charge in [0.2, 0.25) is 0 Å². The number of thioether (sulfide) groups is 1. The van der Waals surface area contributed by atoms with Crippen molar-refractivity contribution in [3.63, 3.8) is 0 Å². The molecule has 2 nitrogen and oxygen atoms in total. The first-order valence-corrected chi connectivity index (χ1v) is 4.71. The summed E-state index contributed by atoms with van der Waals surface area (Å²) >= 11 is 1.61. The molecule has 0 aromatic rings. The smallest absolute Gasteiger partial charge is 0.312 e. The molecule has 1 aliphatic rings. The number of rotatable bonds is 1. The van der Waals surface area contributed by atoms with Gasteiger partial charge >= 0.3 is 5.97 Å². The number of hydrogen-bond donors (Lipinski definition) is 0. The lowest BCUT2D eigenvalue weighted by Gasteiger charge is -2.22. The maximum atomic E-state index is 13.0. The van der Waals surface area contributed by atoms with Crippen LogP contribution in [0.2, 0.25) is 0 Å². The van der Waals surface area contributed by atoms with E-state index in [2.05, 4.69) is 4.74 Å². The number of hydrogen-bond acceptors (Lipinski definition) is 3. The van der Waals surface area contributed by atoms with Gasteiger partial charge in [-0.25, -0.2) is 4.39 Å². The van der Waals surface area contributed by atoms with Crippen LogP contribution in [0.25, 0.3) is 0 Å². The average molecular weight is 178 g/mol. The molecule has 1 fully saturated rings. The summed E-state index contributed by atoms with van der Waals surface area (Å²) in [4.78, 5) is 10.9. The van der Waals surface area contributed by atoms with Crippen molar-refractivity contribution in [3.05, 3.63) is 0 Å². The average Bonchev–Trinajstić information content (AvgIpc) is 2.04. The van der Waals surface area contributed by atoms with E-state index in [9.17, 15) is 9.18 Å². The maximum absolute atomic E-state index is 13.0. The maximum Gasteiger partial charge on any atom is 0.312 e. The molecular formula is C7H11FO2S. The largest absolute Gasteiger partial charge is 0.469 e. The molecule has 2 unspecified atom stereocenters. The summed E-state index contributed by atoms with van der Waals surface area (Å²) in [5.41, 5.74) is 0. The van der Waals surface area contributed by atoms with Gasteiger partial charge in [0, 0.05) is 5.75 Å². The van der Waals surface area contributed by atoms with Crippen molar-refractivity contribution in [2.45, 2.75) is 12.6 Å². The Hall–Kier alpha value is -0.250. The third-order valence-electron chi connectivity index (χ3n) is 1.78. The first-order chi connectivity index (χ1) is 5.25. The van der Waals surface area contributed by atoms with Crippen molar-refractivity contribution in [1.29, 1.82) is 0 Å². The molecule has 1 aliphatic heterocycles. The van der Waals surface area contributed by atoms with E-state index in [1.54, 1.807) is 11.8 Å². The van der Waals surface area contributed by atoms with Crippen LogP contribution in [0.4, 0.5) is 4.39 Å². The highest BCUT2D eigenvalue weighted by Gasteiger charge is 2.31. The number of carbonyl (C=O) groups is 1. The van der Waals surface area contributed by atoms with Crippen LogP contribution < -0.4 is 0 Å². The minimum Gasteiger partial charge on any atom is -0.469 e. The molecule has 0 aromatic heterocycles. The zero-order valence-corrected chi connectivity index (χ0v) is 7.20. The van der Waals surface area contributed by atoms with Crippen molar-refractivity contribution >= 4 is 17.7 Å². The molecule has 0 aromatic carbocycles. The topological polar surface area (TPSA) is 26.3 Å². The van der Waals surface area contributed by atoms with Gasteiger partial charge in [-0.05, 0) is 12.2 Å². The number of alkyl halides is 1. The quantitative estimate of drug-likeness (QED) is 0.565. The molecule has 2 atom stereocenters. The molecule has 64 valence electrons. The molecular weight excluding hydrogens is 167 g/mol. The molecule has 1 saturated heterocycles. The Labute approximate surface area is 69.5 Å². The number of esters is 1. The molecule has 0 radical (unpaired) electrons. The van der Waals surface area contributed by atoms with Gasteiger partial charge in [-0.15, -0.1) is 0 Å². The van der Waals surface area contributed by atoms with Gasteiger partial charge in [0.25, 0.3) is 0 Å². The van der Waals surface area contributed by atoms with E-state index in [0.717, 1.165) is 5.75 Å². The Morgan fingerprint density at radius 1 is 1.73 bits per heavy atom. The van der Waals surface area contributed by atoms with Gasteiger partial charge in [-0.1, -0.05) is 0 Å². The molecule has 4 heteroatoms. The third kappa shape index (κ3) is 2.09. The fraction of sp³-hybridized carbons (Fsp3) is 0.857. The van der Waals surface area contributed by atoms with Gasteiger partial charge < -0.3 is 4.74 Å². The Balaban J connectivity index is 2.47. The summed E-state index contributed by atoms with van der Waals surface area (Å²) in [7, 11) is 1.30. The number of halogens is 1. The van der Waals surface area contributed by atoms with E-state index < -0.39 is 18.1 Å². The lowest BCUT2D eigenvalue weighted by molar-refractivity contribution is -0.146. The SMILES string of the molecule is COC(=O)C1CSCCC1F. The Morgan fingerprint density at radius 3 is 3.00 bits per heavy atom. The fourth-order valence-electron chi connectivity index (χ4n) is 1.08. The summed E-state index contributed by atoms with van der Waals surface area (Å²) in [5, 5.41) is 0. The standard InChI is InChI=1S/C7H11FO2S/c1-10-7(9)5-4-11-3-2-6(5)8/h5-6H,2-4H2,1H3. The van der Waals surface area contributed by atoms with Crippen LogP contribution in [0.15, 0.2) is 0 Å². The minimum absolute atomic E-state index is 0.412. The van der Waals surface area contributed by atoms with E-state index in [1.165, 1.54) is 7.11 Å².